The summed E-state index contributed by atoms with van der Waals surface area (Å²) in [7, 11) is 0. The summed E-state index contributed by atoms with van der Waals surface area (Å²) in [6.07, 6.45) is 9.16. The van der Waals surface area contributed by atoms with E-state index in [1.807, 2.05) is 68.4 Å². The van der Waals surface area contributed by atoms with Crippen LogP contribution in [0, 0.1) is 23.7 Å². The molecule has 3 fully saturated rings. The number of nitrogens with two attached hydrogens (primary N) is 1. The molecule has 0 spiro atoms. The summed E-state index contributed by atoms with van der Waals surface area (Å²) < 4.78 is 5.53. The molecule has 2 aromatic rings. The highest BCUT2D eigenvalue weighted by Gasteiger charge is 2.51. The number of hydrogen-bond acceptors (Lipinski definition) is 7. The summed E-state index contributed by atoms with van der Waals surface area (Å²) >= 11 is 0. The Hall–Kier alpha value is -4.25. The molecule has 2 aliphatic carbocycles. The van der Waals surface area contributed by atoms with Gasteiger partial charge in [0.25, 0.3) is 0 Å². The van der Waals surface area contributed by atoms with E-state index in [2.05, 4.69) is 26.0 Å². The number of Topliss-reactive ketones (excluding diaryl/α,β-unsaturated/α-hetero) is 1. The van der Waals surface area contributed by atoms with Crippen LogP contribution in [0.15, 0.2) is 59.7 Å². The number of ether oxygens (including phenoxy) is 1. The van der Waals surface area contributed by atoms with Crippen molar-refractivity contribution >= 4 is 23.5 Å². The molecule has 5 rings (SSSR count). The largest absolute Gasteiger partial charge is 0.361 e. The Morgan fingerprint density at radius 2 is 1.48 bits per heavy atom. The monoisotopic (exact) mass is 713 g/mol. The molecule has 1 saturated heterocycles. The third-order valence-corrected chi connectivity index (χ3v) is 11.3. The maximum atomic E-state index is 14.1. The average Bonchev–Trinajstić information content (AvgIpc) is 3.91. The zero-order chi connectivity index (χ0) is 37.3. The van der Waals surface area contributed by atoms with Crippen molar-refractivity contribution in [1.29, 1.82) is 0 Å². The van der Waals surface area contributed by atoms with Gasteiger partial charge in [-0.3, -0.25) is 19.2 Å². The van der Waals surface area contributed by atoms with E-state index in [0.29, 0.717) is 31.4 Å². The lowest BCUT2D eigenvalue weighted by molar-refractivity contribution is -0.135. The molecule has 1 aliphatic heterocycles. The number of nitrogens with one attached hydrogen (secondary N) is 3. The molecule has 12 heteroatoms. The van der Waals surface area contributed by atoms with Crippen molar-refractivity contribution in [3.05, 3.63) is 81.7 Å². The lowest BCUT2D eigenvalue weighted by Crippen LogP contribution is -2.59. The first-order valence-corrected chi connectivity index (χ1v) is 18.9. The van der Waals surface area contributed by atoms with Crippen molar-refractivity contribution in [2.75, 3.05) is 6.61 Å². The number of benzene rings is 2. The lowest BCUT2D eigenvalue weighted by atomic mass is 9.66. The fourth-order valence-corrected chi connectivity index (χ4v) is 8.03. The van der Waals surface area contributed by atoms with E-state index < -0.39 is 47.5 Å². The zero-order valence-corrected chi connectivity index (χ0v) is 30.8. The minimum absolute atomic E-state index is 0.115. The normalized spacial score (nSPS) is 24.6. The smallest absolute Gasteiger partial charge is 0.243 e. The molecule has 8 atom stereocenters. The summed E-state index contributed by atoms with van der Waals surface area (Å²) in [4.78, 5) is 58.4. The number of epoxide rings is 1. The molecule has 3 unspecified atom stereocenters. The summed E-state index contributed by atoms with van der Waals surface area (Å²) in [6, 6.07) is 12.6. The van der Waals surface area contributed by atoms with Crippen LogP contribution in [0.1, 0.15) is 88.8 Å². The van der Waals surface area contributed by atoms with Crippen molar-refractivity contribution in [3.63, 3.8) is 0 Å². The van der Waals surface area contributed by atoms with Crippen LogP contribution < -0.4 is 21.7 Å². The van der Waals surface area contributed by atoms with Gasteiger partial charge in [-0.05, 0) is 78.5 Å². The van der Waals surface area contributed by atoms with Crippen LogP contribution in [0.4, 0.5) is 0 Å². The number of rotatable bonds is 17. The lowest BCUT2D eigenvalue weighted by Gasteiger charge is -2.40. The Kier molecular flexibility index (Phi) is 13.5. The molecule has 1 heterocycles. The second-order valence-corrected chi connectivity index (χ2v) is 15.6. The predicted octanol–water partition coefficient (Wildman–Crippen LogP) is 5.07. The van der Waals surface area contributed by atoms with Crippen LogP contribution in [0.2, 0.25) is 0 Å². The van der Waals surface area contributed by atoms with Gasteiger partial charge in [-0.15, -0.1) is 0 Å². The first kappa shape index (κ1) is 39.0. The number of carbonyl (C=O) groups is 4. The van der Waals surface area contributed by atoms with E-state index in [4.69, 9.17) is 10.5 Å². The first-order chi connectivity index (χ1) is 25.0. The Bertz CT molecular complexity index is 1590. The highest BCUT2D eigenvalue weighted by atomic mass is 16.6. The van der Waals surface area contributed by atoms with E-state index in [1.165, 1.54) is 25.7 Å². The molecule has 5 N–H and O–H groups in total. The Morgan fingerprint density at radius 1 is 0.846 bits per heavy atom. The van der Waals surface area contributed by atoms with Crippen molar-refractivity contribution < 1.29 is 23.9 Å². The Labute approximate surface area is 307 Å². The second-order valence-electron chi connectivity index (χ2n) is 15.6. The molecular weight excluding hydrogens is 658 g/mol. The fraction of sp³-hybridized carbons (Fsp3) is 0.600. The van der Waals surface area contributed by atoms with Gasteiger partial charge in [0.2, 0.25) is 17.7 Å². The second kappa shape index (κ2) is 18.0. The number of hydrogen-bond donors (Lipinski definition) is 4. The molecule has 2 saturated carbocycles. The molecule has 3 amide bonds. The molecule has 12 nitrogen and oxygen atoms in total. The van der Waals surface area contributed by atoms with E-state index in [9.17, 15) is 24.7 Å². The van der Waals surface area contributed by atoms with Gasteiger partial charge in [-0.25, -0.2) is 0 Å². The number of fused-ring (bicyclic) bond motifs is 1. The maximum Gasteiger partial charge on any atom is 0.243 e. The third-order valence-electron chi connectivity index (χ3n) is 11.3. The van der Waals surface area contributed by atoms with Gasteiger partial charge in [-0.1, -0.05) is 106 Å². The van der Waals surface area contributed by atoms with Gasteiger partial charge in [-0.2, -0.15) is 0 Å². The van der Waals surface area contributed by atoms with Crippen LogP contribution >= 0.6 is 0 Å². The van der Waals surface area contributed by atoms with Crippen LogP contribution in [0.3, 0.4) is 0 Å². The topological polar surface area (TPSA) is 192 Å². The van der Waals surface area contributed by atoms with Crippen molar-refractivity contribution in [2.24, 2.45) is 34.5 Å². The van der Waals surface area contributed by atoms with Crippen LogP contribution in [-0.2, 0) is 43.3 Å². The van der Waals surface area contributed by atoms with E-state index >= 15 is 0 Å². The standard InChI is InChI=1S/C40H55N7O5/c1-25(2)35(39(51)43-32(36(48)40(3)24-52-40)22-29-17-18-30-11-7-8-12-31(30)19-29)45-37(49)33(20-27-13-15-28(23-41)16-14-27)44-38(50)34(46-47-42)21-26-9-5-4-6-10-26/h4-6,9-10,13-16,25,29-35H,7-8,11-12,17-24,41H2,1-3H3,(H,43,51)(H,44,50)(H,45,49)/t29?,30?,31?,32-,33-,34-,35-,40+/m0/s1. The summed E-state index contributed by atoms with van der Waals surface area (Å²) in [5, 5.41) is 12.5. The molecule has 0 bridgehead atoms. The number of ketones is 1. The number of nitrogens with zero attached hydrogens (tertiary/aromatic N) is 3. The molecule has 2 aromatic carbocycles. The highest BCUT2D eigenvalue weighted by molar-refractivity contribution is 5.98. The van der Waals surface area contributed by atoms with Gasteiger partial charge < -0.3 is 26.4 Å². The van der Waals surface area contributed by atoms with Gasteiger partial charge in [0, 0.05) is 17.9 Å². The summed E-state index contributed by atoms with van der Waals surface area (Å²) in [5.74, 6) is -0.320. The SMILES string of the molecule is CC(C)[C@H](NC(=O)[C@H](Cc1ccc(CN)cc1)NC(=O)[C@H](Cc1ccccc1)N=[N+]=[N-])C(=O)N[C@@H](CC1CCC2CCCCC2C1)C(=O)[C@@]1(C)CO1. The van der Waals surface area contributed by atoms with Crippen LogP contribution in [0.25, 0.3) is 10.4 Å². The average molecular weight is 714 g/mol. The summed E-state index contributed by atoms with van der Waals surface area (Å²) in [6.45, 7) is 6.10. The molecule has 0 aromatic heterocycles. The van der Waals surface area contributed by atoms with Gasteiger partial charge in [0.1, 0.15) is 23.7 Å². The number of azide groups is 1. The molecule has 52 heavy (non-hydrogen) atoms. The van der Waals surface area contributed by atoms with E-state index in [-0.39, 0.29) is 24.5 Å². The van der Waals surface area contributed by atoms with E-state index in [0.717, 1.165) is 41.9 Å². The molecule has 0 radical (unpaired) electrons. The zero-order valence-electron chi connectivity index (χ0n) is 30.8. The maximum absolute atomic E-state index is 14.1. The van der Waals surface area contributed by atoms with Crippen LogP contribution in [0.5, 0.6) is 0 Å². The molecular formula is C40H55N7O5. The quantitative estimate of drug-likeness (QED) is 0.0765. The van der Waals surface area contributed by atoms with E-state index in [1.54, 1.807) is 6.92 Å². The predicted molar refractivity (Wildman–Crippen MR) is 199 cm³/mol. The molecule has 280 valence electrons. The first-order valence-electron chi connectivity index (χ1n) is 18.9. The van der Waals surface area contributed by atoms with Crippen molar-refractivity contribution in [2.45, 2.75) is 121 Å². The number of carbonyl (C=O) groups excluding carboxylic acids is 4. The minimum Gasteiger partial charge on any atom is -0.361 e. The fourth-order valence-electron chi connectivity index (χ4n) is 8.03. The van der Waals surface area contributed by atoms with Crippen LogP contribution in [-0.4, -0.2) is 59.9 Å². The van der Waals surface area contributed by atoms with Crippen molar-refractivity contribution in [3.8, 4) is 0 Å². The van der Waals surface area contributed by atoms with Crippen molar-refractivity contribution in [1.82, 2.24) is 16.0 Å². The van der Waals surface area contributed by atoms with Gasteiger partial charge >= 0.3 is 0 Å². The minimum atomic E-state index is -1.10. The summed E-state index contributed by atoms with van der Waals surface area (Å²) in [5.41, 5.74) is 16.6. The Morgan fingerprint density at radius 3 is 2.12 bits per heavy atom. The highest BCUT2D eigenvalue weighted by Crippen LogP contribution is 2.44. The van der Waals surface area contributed by atoms with Gasteiger partial charge in [0.15, 0.2) is 5.78 Å². The number of amides is 3. The third kappa shape index (κ3) is 10.4. The van der Waals surface area contributed by atoms with Gasteiger partial charge in [0.05, 0.1) is 12.6 Å². The molecule has 3 aliphatic rings. The Balaban J connectivity index is 1.31.